The van der Waals surface area contributed by atoms with Gasteiger partial charge in [0.15, 0.2) is 5.78 Å². The number of nitrogens with zero attached hydrogens (tertiary/aromatic N) is 1. The molecule has 2 aromatic rings. The molecule has 0 unspecified atom stereocenters. The van der Waals surface area contributed by atoms with Gasteiger partial charge in [-0.1, -0.05) is 30.3 Å². The smallest absolute Gasteiger partial charge is 0.251 e. The zero-order valence-electron chi connectivity index (χ0n) is 15.0. The van der Waals surface area contributed by atoms with Gasteiger partial charge in [-0.3, -0.25) is 14.5 Å². The lowest BCUT2D eigenvalue weighted by Crippen LogP contribution is -2.41. The van der Waals surface area contributed by atoms with E-state index in [-0.39, 0.29) is 11.7 Å². The molecule has 1 aliphatic heterocycles. The van der Waals surface area contributed by atoms with Crippen molar-refractivity contribution in [1.29, 1.82) is 0 Å². The van der Waals surface area contributed by atoms with Crippen LogP contribution in [-0.4, -0.2) is 56.0 Å². The molecule has 0 saturated carbocycles. The monoisotopic (exact) mass is 352 g/mol. The van der Waals surface area contributed by atoms with E-state index in [1.54, 1.807) is 13.0 Å². The number of rotatable bonds is 6. The lowest BCUT2D eigenvalue weighted by Gasteiger charge is -2.26. The Balaban J connectivity index is 1.63. The minimum atomic E-state index is -0.0807. The molecule has 5 heteroatoms. The van der Waals surface area contributed by atoms with Crippen molar-refractivity contribution in [2.45, 2.75) is 6.92 Å². The zero-order valence-corrected chi connectivity index (χ0v) is 15.0. The third-order valence-corrected chi connectivity index (χ3v) is 4.54. The van der Waals surface area contributed by atoms with Crippen molar-refractivity contribution in [1.82, 2.24) is 10.2 Å². The summed E-state index contributed by atoms with van der Waals surface area (Å²) in [4.78, 5) is 26.3. The molecule has 0 spiro atoms. The number of ketones is 1. The molecule has 136 valence electrons. The van der Waals surface area contributed by atoms with Crippen LogP contribution in [0.4, 0.5) is 0 Å². The molecular weight excluding hydrogens is 328 g/mol. The molecule has 26 heavy (non-hydrogen) atoms. The van der Waals surface area contributed by atoms with Crippen LogP contribution in [0.5, 0.6) is 0 Å². The average Bonchev–Trinajstić information content (AvgIpc) is 2.69. The van der Waals surface area contributed by atoms with Crippen molar-refractivity contribution < 1.29 is 14.3 Å². The number of carbonyl (C=O) groups is 2. The number of hydrogen-bond acceptors (Lipinski definition) is 4. The quantitative estimate of drug-likeness (QED) is 0.812. The molecule has 1 fully saturated rings. The van der Waals surface area contributed by atoms with E-state index in [1.807, 2.05) is 42.5 Å². The molecular formula is C21H24N2O3. The largest absolute Gasteiger partial charge is 0.379 e. The van der Waals surface area contributed by atoms with Crippen LogP contribution < -0.4 is 5.32 Å². The fourth-order valence-electron chi connectivity index (χ4n) is 3.01. The van der Waals surface area contributed by atoms with E-state index in [0.29, 0.717) is 17.7 Å². The fraction of sp³-hybridized carbons (Fsp3) is 0.333. The standard InChI is InChI=1S/C21H24N2O3/c1-16(24)17-4-2-5-18(14-17)19-6-3-7-20(15-19)21(25)22-8-9-23-10-12-26-13-11-23/h2-7,14-15H,8-13H2,1H3,(H,22,25). The number of ether oxygens (including phenoxy) is 1. The van der Waals surface area contributed by atoms with E-state index >= 15 is 0 Å². The molecule has 0 atom stereocenters. The molecule has 0 aliphatic carbocycles. The highest BCUT2D eigenvalue weighted by Crippen LogP contribution is 2.22. The zero-order chi connectivity index (χ0) is 18.4. The summed E-state index contributed by atoms with van der Waals surface area (Å²) in [6.07, 6.45) is 0. The van der Waals surface area contributed by atoms with Crippen LogP contribution in [0, 0.1) is 0 Å². The van der Waals surface area contributed by atoms with E-state index in [9.17, 15) is 9.59 Å². The Morgan fingerprint density at radius 1 is 1.00 bits per heavy atom. The Bertz CT molecular complexity index is 782. The first-order valence-corrected chi connectivity index (χ1v) is 8.93. The van der Waals surface area contributed by atoms with Gasteiger partial charge in [0, 0.05) is 37.3 Å². The maximum atomic E-state index is 12.4. The molecule has 5 nitrogen and oxygen atoms in total. The van der Waals surface area contributed by atoms with Crippen molar-refractivity contribution in [2.24, 2.45) is 0 Å². The molecule has 1 aliphatic rings. The second-order valence-electron chi connectivity index (χ2n) is 6.43. The van der Waals surface area contributed by atoms with Gasteiger partial charge in [-0.25, -0.2) is 0 Å². The first-order chi connectivity index (χ1) is 12.6. The van der Waals surface area contributed by atoms with Gasteiger partial charge in [-0.2, -0.15) is 0 Å². The molecule has 3 rings (SSSR count). The van der Waals surface area contributed by atoms with Crippen LogP contribution >= 0.6 is 0 Å². The summed E-state index contributed by atoms with van der Waals surface area (Å²) in [6.45, 7) is 6.34. The van der Waals surface area contributed by atoms with Crippen LogP contribution in [0.1, 0.15) is 27.6 Å². The summed E-state index contributed by atoms with van der Waals surface area (Å²) in [6, 6.07) is 15.0. The number of Topliss-reactive ketones (excluding diaryl/α,β-unsaturated/α-hetero) is 1. The molecule has 2 aromatic carbocycles. The number of benzene rings is 2. The highest BCUT2D eigenvalue weighted by molar-refractivity contribution is 5.97. The second kappa shape index (κ2) is 8.74. The van der Waals surface area contributed by atoms with Gasteiger partial charge in [0.1, 0.15) is 0 Å². The molecule has 0 aromatic heterocycles. The molecule has 1 N–H and O–H groups in total. The highest BCUT2D eigenvalue weighted by atomic mass is 16.5. The molecule has 0 bridgehead atoms. The number of morpholine rings is 1. The van der Waals surface area contributed by atoms with E-state index in [0.717, 1.165) is 44.0 Å². The Kier molecular flexibility index (Phi) is 6.15. The minimum absolute atomic E-state index is 0.0314. The van der Waals surface area contributed by atoms with Crippen LogP contribution in [0.2, 0.25) is 0 Å². The third kappa shape index (κ3) is 4.77. The average molecular weight is 352 g/mol. The maximum Gasteiger partial charge on any atom is 0.251 e. The van der Waals surface area contributed by atoms with Gasteiger partial charge < -0.3 is 10.1 Å². The van der Waals surface area contributed by atoms with E-state index < -0.39 is 0 Å². The molecule has 1 amide bonds. The number of amides is 1. The van der Waals surface area contributed by atoms with E-state index in [4.69, 9.17) is 4.74 Å². The molecule has 1 saturated heterocycles. The van der Waals surface area contributed by atoms with Crippen LogP contribution in [0.15, 0.2) is 48.5 Å². The summed E-state index contributed by atoms with van der Waals surface area (Å²) in [5.74, 6) is -0.0494. The fourth-order valence-corrected chi connectivity index (χ4v) is 3.01. The summed E-state index contributed by atoms with van der Waals surface area (Å²) in [7, 11) is 0. The summed E-state index contributed by atoms with van der Waals surface area (Å²) >= 11 is 0. The van der Waals surface area contributed by atoms with Crippen LogP contribution in [0.3, 0.4) is 0 Å². The Labute approximate surface area is 154 Å². The topological polar surface area (TPSA) is 58.6 Å². The van der Waals surface area contributed by atoms with Gasteiger partial charge >= 0.3 is 0 Å². The number of carbonyl (C=O) groups excluding carboxylic acids is 2. The van der Waals surface area contributed by atoms with Crippen molar-refractivity contribution in [3.8, 4) is 11.1 Å². The van der Waals surface area contributed by atoms with Crippen molar-refractivity contribution >= 4 is 11.7 Å². The summed E-state index contributed by atoms with van der Waals surface area (Å²) < 4.78 is 5.32. The Morgan fingerprint density at radius 3 is 2.27 bits per heavy atom. The first kappa shape index (κ1) is 18.3. The van der Waals surface area contributed by atoms with Gasteiger partial charge in [0.2, 0.25) is 0 Å². The van der Waals surface area contributed by atoms with E-state index in [1.165, 1.54) is 0 Å². The molecule has 1 heterocycles. The lowest BCUT2D eigenvalue weighted by atomic mass is 10.00. The predicted molar refractivity (Wildman–Crippen MR) is 101 cm³/mol. The minimum Gasteiger partial charge on any atom is -0.379 e. The van der Waals surface area contributed by atoms with Gasteiger partial charge in [-0.15, -0.1) is 0 Å². The third-order valence-electron chi connectivity index (χ3n) is 4.54. The lowest BCUT2D eigenvalue weighted by molar-refractivity contribution is 0.0383. The maximum absolute atomic E-state index is 12.4. The van der Waals surface area contributed by atoms with Crippen molar-refractivity contribution in [3.05, 3.63) is 59.7 Å². The molecule has 0 radical (unpaired) electrons. The number of nitrogens with one attached hydrogen (secondary N) is 1. The Morgan fingerprint density at radius 2 is 1.62 bits per heavy atom. The first-order valence-electron chi connectivity index (χ1n) is 8.93. The Hall–Kier alpha value is -2.50. The second-order valence-corrected chi connectivity index (χ2v) is 6.43. The summed E-state index contributed by atoms with van der Waals surface area (Å²) in [5.41, 5.74) is 3.15. The SMILES string of the molecule is CC(=O)c1cccc(-c2cccc(C(=O)NCCN3CCOCC3)c2)c1. The summed E-state index contributed by atoms with van der Waals surface area (Å²) in [5, 5.41) is 2.98. The van der Waals surface area contributed by atoms with Gasteiger partial charge in [0.25, 0.3) is 5.91 Å². The van der Waals surface area contributed by atoms with Crippen molar-refractivity contribution in [2.75, 3.05) is 39.4 Å². The van der Waals surface area contributed by atoms with Gasteiger partial charge in [-0.05, 0) is 36.2 Å². The number of hydrogen-bond donors (Lipinski definition) is 1. The van der Waals surface area contributed by atoms with Crippen molar-refractivity contribution in [3.63, 3.8) is 0 Å². The van der Waals surface area contributed by atoms with Crippen LogP contribution in [0.25, 0.3) is 11.1 Å². The highest BCUT2D eigenvalue weighted by Gasteiger charge is 2.11. The predicted octanol–water partition coefficient (Wildman–Crippen LogP) is 2.62. The van der Waals surface area contributed by atoms with Gasteiger partial charge in [0.05, 0.1) is 13.2 Å². The van der Waals surface area contributed by atoms with E-state index in [2.05, 4.69) is 10.2 Å². The normalized spacial score (nSPS) is 14.8. The van der Waals surface area contributed by atoms with Crippen LogP contribution in [-0.2, 0) is 4.74 Å².